The summed E-state index contributed by atoms with van der Waals surface area (Å²) in [5.41, 5.74) is 0.250. The summed E-state index contributed by atoms with van der Waals surface area (Å²) in [6.45, 7) is 11.0. The van der Waals surface area contributed by atoms with Gasteiger partial charge in [0.05, 0.1) is 11.2 Å². The summed E-state index contributed by atoms with van der Waals surface area (Å²) in [7, 11) is 0.0448. The van der Waals surface area contributed by atoms with Crippen LogP contribution in [0.5, 0.6) is 0 Å². The Morgan fingerprint density at radius 1 is 0.944 bits per heavy atom. The van der Waals surface area contributed by atoms with Crippen LogP contribution in [0, 0.1) is 11.3 Å². The van der Waals surface area contributed by atoms with Gasteiger partial charge in [0.2, 0.25) is 0 Å². The highest BCUT2D eigenvalue weighted by atomic mass is 16.7. The van der Waals surface area contributed by atoms with Crippen LogP contribution < -0.4 is 0 Å². The van der Waals surface area contributed by atoms with Crippen molar-refractivity contribution in [3.8, 4) is 0 Å². The van der Waals surface area contributed by atoms with Crippen LogP contribution in [0.4, 0.5) is 0 Å². The quantitative estimate of drug-likeness (QED) is 0.653. The van der Waals surface area contributed by atoms with Gasteiger partial charge in [-0.15, -0.1) is 0 Å². The Labute approximate surface area is 112 Å². The molecule has 102 valence electrons. The van der Waals surface area contributed by atoms with Gasteiger partial charge in [-0.1, -0.05) is 19.8 Å². The van der Waals surface area contributed by atoms with Crippen LogP contribution in [0.25, 0.3) is 0 Å². The van der Waals surface area contributed by atoms with Crippen molar-refractivity contribution in [1.82, 2.24) is 0 Å². The zero-order valence-electron chi connectivity index (χ0n) is 12.6. The lowest BCUT2D eigenvalue weighted by Crippen LogP contribution is -2.41. The van der Waals surface area contributed by atoms with Crippen molar-refractivity contribution >= 4 is 7.12 Å². The van der Waals surface area contributed by atoms with E-state index in [1.54, 1.807) is 0 Å². The zero-order chi connectivity index (χ0) is 13.2. The highest BCUT2D eigenvalue weighted by Crippen LogP contribution is 2.69. The van der Waals surface area contributed by atoms with Crippen LogP contribution in [0.2, 0.25) is 5.82 Å². The highest BCUT2D eigenvalue weighted by molar-refractivity contribution is 6.49. The molecule has 1 aliphatic heterocycles. The summed E-state index contributed by atoms with van der Waals surface area (Å²) < 4.78 is 12.4. The zero-order valence-corrected chi connectivity index (χ0v) is 12.6. The van der Waals surface area contributed by atoms with Gasteiger partial charge in [0, 0.05) is 5.82 Å². The van der Waals surface area contributed by atoms with Gasteiger partial charge in [0.1, 0.15) is 0 Å². The van der Waals surface area contributed by atoms with Crippen molar-refractivity contribution in [2.24, 2.45) is 11.3 Å². The minimum absolute atomic E-state index is 0.0448. The largest absolute Gasteiger partial charge is 0.461 e. The Hall–Kier alpha value is -0.0151. The van der Waals surface area contributed by atoms with Gasteiger partial charge in [-0.2, -0.15) is 0 Å². The Balaban J connectivity index is 1.66. The molecule has 0 radical (unpaired) electrons. The number of hydrogen-bond acceptors (Lipinski definition) is 2. The molecule has 1 atom stereocenters. The first kappa shape index (κ1) is 13.0. The SMILES string of the molecule is CC1CCC2(CC1)CC2B1OC(C)(C)C(C)(C)O1. The molecule has 1 unspecified atom stereocenters. The third-order valence-electron chi connectivity index (χ3n) is 6.12. The second-order valence-electron chi connectivity index (χ2n) is 7.98. The van der Waals surface area contributed by atoms with Crippen molar-refractivity contribution in [2.45, 2.75) is 83.7 Å². The van der Waals surface area contributed by atoms with Crippen LogP contribution in [0.15, 0.2) is 0 Å². The molecule has 3 rings (SSSR count). The second-order valence-corrected chi connectivity index (χ2v) is 7.98. The lowest BCUT2D eigenvalue weighted by Gasteiger charge is -2.32. The van der Waals surface area contributed by atoms with Gasteiger partial charge in [-0.05, 0) is 58.3 Å². The van der Waals surface area contributed by atoms with Crippen LogP contribution in [0.1, 0.15) is 66.7 Å². The van der Waals surface area contributed by atoms with E-state index in [0.717, 1.165) is 5.92 Å². The molecule has 2 nitrogen and oxygen atoms in total. The van der Waals surface area contributed by atoms with Crippen LogP contribution in [0.3, 0.4) is 0 Å². The average Bonchev–Trinajstić information content (AvgIpc) is 2.90. The van der Waals surface area contributed by atoms with E-state index in [4.69, 9.17) is 9.31 Å². The van der Waals surface area contributed by atoms with Crippen molar-refractivity contribution in [3.05, 3.63) is 0 Å². The molecule has 2 aliphatic carbocycles. The lowest BCUT2D eigenvalue weighted by atomic mass is 9.70. The van der Waals surface area contributed by atoms with Crippen molar-refractivity contribution in [2.75, 3.05) is 0 Å². The molecule has 0 N–H and O–H groups in total. The predicted molar refractivity (Wildman–Crippen MR) is 74.5 cm³/mol. The fraction of sp³-hybridized carbons (Fsp3) is 1.00. The smallest absolute Gasteiger partial charge is 0.403 e. The third kappa shape index (κ3) is 1.86. The van der Waals surface area contributed by atoms with Gasteiger partial charge in [0.15, 0.2) is 0 Å². The summed E-state index contributed by atoms with van der Waals surface area (Å²) in [5, 5.41) is 0. The van der Waals surface area contributed by atoms with E-state index < -0.39 is 0 Å². The number of rotatable bonds is 1. The van der Waals surface area contributed by atoms with E-state index in [9.17, 15) is 0 Å². The molecule has 0 bridgehead atoms. The minimum Gasteiger partial charge on any atom is -0.403 e. The van der Waals surface area contributed by atoms with E-state index in [1.165, 1.54) is 32.1 Å². The molecular weight excluding hydrogens is 223 g/mol. The summed E-state index contributed by atoms with van der Waals surface area (Å²) in [6.07, 6.45) is 6.91. The first-order valence-electron chi connectivity index (χ1n) is 7.61. The van der Waals surface area contributed by atoms with Crippen molar-refractivity contribution in [1.29, 1.82) is 0 Å². The molecule has 18 heavy (non-hydrogen) atoms. The van der Waals surface area contributed by atoms with Gasteiger partial charge in [-0.3, -0.25) is 0 Å². The maximum atomic E-state index is 6.22. The van der Waals surface area contributed by atoms with Crippen LogP contribution in [-0.2, 0) is 9.31 Å². The summed E-state index contributed by atoms with van der Waals surface area (Å²) in [5.74, 6) is 1.58. The van der Waals surface area contributed by atoms with Gasteiger partial charge >= 0.3 is 7.12 Å². The van der Waals surface area contributed by atoms with E-state index in [1.807, 2.05) is 0 Å². The first-order valence-corrected chi connectivity index (χ1v) is 7.61. The molecule has 0 aromatic heterocycles. The normalized spacial score (nSPS) is 45.5. The molecule has 3 fully saturated rings. The molecule has 1 saturated heterocycles. The molecule has 2 saturated carbocycles. The molecule has 3 heteroatoms. The van der Waals surface area contributed by atoms with Gasteiger partial charge in [0.25, 0.3) is 0 Å². The summed E-state index contributed by atoms with van der Waals surface area (Å²) >= 11 is 0. The maximum absolute atomic E-state index is 6.22. The maximum Gasteiger partial charge on any atom is 0.461 e. The predicted octanol–water partition coefficient (Wildman–Crippen LogP) is 4.05. The molecule has 1 heterocycles. The Kier molecular flexibility index (Phi) is 2.71. The fourth-order valence-corrected chi connectivity index (χ4v) is 3.73. The molecule has 0 amide bonds. The fourth-order valence-electron chi connectivity index (χ4n) is 3.73. The standard InChI is InChI=1S/C15H27BO2/c1-11-6-8-15(9-7-11)10-12(15)16-17-13(2,3)14(4,5)18-16/h11-12H,6-10H2,1-5H3. The van der Waals surface area contributed by atoms with Gasteiger partial charge in [-0.25, -0.2) is 0 Å². The second kappa shape index (κ2) is 3.76. The highest BCUT2D eigenvalue weighted by Gasteiger charge is 2.66. The number of hydrogen-bond donors (Lipinski definition) is 0. The first-order chi connectivity index (χ1) is 8.26. The van der Waals surface area contributed by atoms with E-state index in [-0.39, 0.29) is 18.3 Å². The molecule has 0 aromatic rings. The summed E-state index contributed by atoms with van der Waals surface area (Å²) in [6, 6.07) is 0. The van der Waals surface area contributed by atoms with E-state index >= 15 is 0 Å². The monoisotopic (exact) mass is 250 g/mol. The Bertz CT molecular complexity index is 326. The average molecular weight is 250 g/mol. The van der Waals surface area contributed by atoms with Crippen molar-refractivity contribution < 1.29 is 9.31 Å². The lowest BCUT2D eigenvalue weighted by molar-refractivity contribution is 0.00578. The molecule has 0 aromatic carbocycles. The van der Waals surface area contributed by atoms with Gasteiger partial charge < -0.3 is 9.31 Å². The van der Waals surface area contributed by atoms with E-state index in [0.29, 0.717) is 11.2 Å². The van der Waals surface area contributed by atoms with Crippen LogP contribution in [-0.4, -0.2) is 18.3 Å². The molecule has 3 aliphatic rings. The minimum atomic E-state index is -0.163. The Morgan fingerprint density at radius 2 is 1.44 bits per heavy atom. The van der Waals surface area contributed by atoms with E-state index in [2.05, 4.69) is 34.6 Å². The van der Waals surface area contributed by atoms with Crippen LogP contribution >= 0.6 is 0 Å². The Morgan fingerprint density at radius 3 is 1.94 bits per heavy atom. The summed E-state index contributed by atoms with van der Waals surface area (Å²) in [4.78, 5) is 0. The molecular formula is C15H27BO2. The topological polar surface area (TPSA) is 18.5 Å². The van der Waals surface area contributed by atoms with Crippen molar-refractivity contribution in [3.63, 3.8) is 0 Å². The molecule has 1 spiro atoms. The third-order valence-corrected chi connectivity index (χ3v) is 6.12.